The number of nitrogens with one attached hydrogen (secondary N) is 1. The largest absolute Gasteiger partial charge is 0.348 e. The molecular weight excluding hydrogens is 615 g/mol. The summed E-state index contributed by atoms with van der Waals surface area (Å²) in [7, 11) is 0. The summed E-state index contributed by atoms with van der Waals surface area (Å²) in [4.78, 5) is 31.3. The van der Waals surface area contributed by atoms with E-state index in [-0.39, 0.29) is 11.7 Å². The van der Waals surface area contributed by atoms with E-state index >= 15 is 0 Å². The van der Waals surface area contributed by atoms with Crippen LogP contribution in [0.2, 0.25) is 15.1 Å². The van der Waals surface area contributed by atoms with Gasteiger partial charge in [-0.25, -0.2) is 0 Å². The quantitative estimate of drug-likeness (QED) is 0.171. The fourth-order valence-corrected chi connectivity index (χ4v) is 7.47. The van der Waals surface area contributed by atoms with Gasteiger partial charge in [0.25, 0.3) is 5.91 Å². The van der Waals surface area contributed by atoms with Crippen molar-refractivity contribution in [1.82, 2.24) is 19.7 Å². The Bertz CT molecular complexity index is 1670. The number of benzene rings is 3. The molecule has 0 aliphatic carbocycles. The summed E-state index contributed by atoms with van der Waals surface area (Å²) < 4.78 is 2.27. The van der Waals surface area contributed by atoms with Crippen molar-refractivity contribution in [2.75, 3.05) is 26.2 Å². The van der Waals surface area contributed by atoms with Gasteiger partial charge in [-0.05, 0) is 61.1 Å². The van der Waals surface area contributed by atoms with Gasteiger partial charge in [0.05, 0.1) is 27.7 Å². The van der Waals surface area contributed by atoms with Gasteiger partial charge in [0.15, 0.2) is 5.78 Å². The Balaban J connectivity index is 1.09. The van der Waals surface area contributed by atoms with E-state index in [9.17, 15) is 9.59 Å². The monoisotopic (exact) mass is 650 g/mol. The minimum absolute atomic E-state index is 0.102. The van der Waals surface area contributed by atoms with Crippen molar-refractivity contribution >= 4 is 57.4 Å². The highest BCUT2D eigenvalue weighted by Gasteiger charge is 2.39. The number of fused-ring (bicyclic) bond motifs is 3. The Hall–Kier alpha value is -2.87. The molecule has 1 aromatic heterocycles. The Kier molecular flexibility index (Phi) is 9.65. The van der Waals surface area contributed by atoms with Crippen LogP contribution in [0.25, 0.3) is 10.9 Å². The van der Waals surface area contributed by atoms with Crippen LogP contribution in [-0.4, -0.2) is 64.3 Å². The number of Topliss-reactive ketones (excluding diaryl/α,β-unsaturated/α-hetero) is 1. The van der Waals surface area contributed by atoms with Crippen LogP contribution in [0, 0.1) is 0 Å². The van der Waals surface area contributed by atoms with E-state index in [4.69, 9.17) is 34.8 Å². The molecule has 3 heterocycles. The van der Waals surface area contributed by atoms with Crippen LogP contribution in [-0.2, 0) is 19.5 Å². The summed E-state index contributed by atoms with van der Waals surface area (Å²) in [6.45, 7) is 6.63. The molecule has 2 unspecified atom stereocenters. The van der Waals surface area contributed by atoms with Crippen LogP contribution in [0.1, 0.15) is 58.0 Å². The van der Waals surface area contributed by atoms with Crippen LogP contribution >= 0.6 is 34.8 Å². The second kappa shape index (κ2) is 13.6. The molecule has 2 aliphatic rings. The molecule has 2 aliphatic heterocycles. The summed E-state index contributed by atoms with van der Waals surface area (Å²) >= 11 is 18.3. The van der Waals surface area contributed by atoms with Gasteiger partial charge in [0, 0.05) is 67.0 Å². The third-order valence-corrected chi connectivity index (χ3v) is 10.1. The predicted octanol–water partition coefficient (Wildman–Crippen LogP) is 7.52. The molecule has 9 heteroatoms. The Labute approximate surface area is 273 Å². The van der Waals surface area contributed by atoms with Crippen molar-refractivity contribution in [3.63, 3.8) is 0 Å². The van der Waals surface area contributed by atoms with Crippen molar-refractivity contribution in [3.05, 3.63) is 104 Å². The average Bonchev–Trinajstić information content (AvgIpc) is 3.50. The maximum atomic E-state index is 13.4. The number of piperazine rings is 1. The smallest absolute Gasteiger partial charge is 0.253 e. The number of amides is 1. The number of hydrogen-bond donors (Lipinski definition) is 1. The number of ketones is 1. The maximum absolute atomic E-state index is 13.4. The van der Waals surface area contributed by atoms with Crippen molar-refractivity contribution in [3.8, 4) is 0 Å². The zero-order chi connectivity index (χ0) is 30.8. The molecule has 3 aromatic carbocycles. The van der Waals surface area contributed by atoms with Gasteiger partial charge in [-0.1, -0.05) is 78.1 Å². The number of para-hydroxylation sites is 1. The highest BCUT2D eigenvalue weighted by Crippen LogP contribution is 2.31. The van der Waals surface area contributed by atoms with E-state index in [2.05, 4.69) is 32.7 Å². The second-order valence-corrected chi connectivity index (χ2v) is 13.2. The lowest BCUT2D eigenvalue weighted by Gasteiger charge is -2.41. The normalized spacial score (nSPS) is 18.6. The van der Waals surface area contributed by atoms with E-state index in [1.165, 1.54) is 18.4 Å². The van der Waals surface area contributed by atoms with E-state index in [0.717, 1.165) is 55.5 Å². The third kappa shape index (κ3) is 6.70. The first-order valence-corrected chi connectivity index (χ1v) is 16.5. The number of nitrogens with zero attached hydrogens (tertiary/aromatic N) is 3. The molecule has 6 rings (SSSR count). The van der Waals surface area contributed by atoms with Gasteiger partial charge >= 0.3 is 0 Å². The molecule has 4 aromatic rings. The van der Waals surface area contributed by atoms with Crippen LogP contribution in [0.3, 0.4) is 0 Å². The van der Waals surface area contributed by atoms with Crippen LogP contribution in [0.15, 0.2) is 66.9 Å². The van der Waals surface area contributed by atoms with Gasteiger partial charge in [0.1, 0.15) is 0 Å². The van der Waals surface area contributed by atoms with Gasteiger partial charge < -0.3 is 9.88 Å². The highest BCUT2D eigenvalue weighted by atomic mass is 35.5. The number of aromatic nitrogens is 1. The van der Waals surface area contributed by atoms with E-state index < -0.39 is 0 Å². The zero-order valence-electron chi connectivity index (χ0n) is 24.9. The van der Waals surface area contributed by atoms with Gasteiger partial charge in [-0.2, -0.15) is 0 Å². The molecule has 0 saturated carbocycles. The summed E-state index contributed by atoms with van der Waals surface area (Å²) in [6, 6.07) is 19.8. The topological polar surface area (TPSA) is 57.6 Å². The summed E-state index contributed by atoms with van der Waals surface area (Å²) in [6.07, 6.45) is 6.23. The minimum Gasteiger partial charge on any atom is -0.348 e. The molecule has 2 bridgehead atoms. The Morgan fingerprint density at radius 1 is 0.909 bits per heavy atom. The van der Waals surface area contributed by atoms with E-state index in [1.807, 2.05) is 36.5 Å². The van der Waals surface area contributed by atoms with Gasteiger partial charge in [0.2, 0.25) is 0 Å². The first-order valence-electron chi connectivity index (χ1n) is 15.4. The maximum Gasteiger partial charge on any atom is 0.253 e. The fourth-order valence-electron chi connectivity index (χ4n) is 6.96. The lowest BCUT2D eigenvalue weighted by molar-refractivity contribution is 0.0588. The number of halogens is 3. The van der Waals surface area contributed by atoms with Crippen molar-refractivity contribution < 1.29 is 9.59 Å². The van der Waals surface area contributed by atoms with Crippen LogP contribution < -0.4 is 5.32 Å². The molecular formula is C35H37Cl3N4O2. The molecule has 2 saturated heterocycles. The number of aryl methyl sites for hydroxylation is 2. The average molecular weight is 652 g/mol. The summed E-state index contributed by atoms with van der Waals surface area (Å²) in [5, 5.41) is 5.61. The molecule has 2 atom stereocenters. The van der Waals surface area contributed by atoms with Crippen molar-refractivity contribution in [1.29, 1.82) is 0 Å². The molecule has 6 nitrogen and oxygen atoms in total. The first kappa shape index (κ1) is 31.1. The third-order valence-electron chi connectivity index (χ3n) is 9.08. The van der Waals surface area contributed by atoms with Crippen LogP contribution in [0.5, 0.6) is 0 Å². The van der Waals surface area contributed by atoms with Crippen molar-refractivity contribution in [2.45, 2.75) is 57.8 Å². The number of carbonyl (C=O) groups excluding carboxylic acids is 2. The number of carbonyl (C=O) groups is 2. The molecule has 2 fully saturated rings. The molecule has 0 radical (unpaired) electrons. The predicted molar refractivity (Wildman–Crippen MR) is 179 cm³/mol. The second-order valence-electron chi connectivity index (χ2n) is 11.9. The molecule has 1 N–H and O–H groups in total. The molecule has 0 spiro atoms. The van der Waals surface area contributed by atoms with Gasteiger partial charge in [-0.15, -0.1) is 0 Å². The lowest BCUT2D eigenvalue weighted by atomic mass is 10.1. The summed E-state index contributed by atoms with van der Waals surface area (Å²) in [5.74, 6) is 0.0259. The Morgan fingerprint density at radius 3 is 2.41 bits per heavy atom. The summed E-state index contributed by atoms with van der Waals surface area (Å²) in [5.41, 5.74) is 4.65. The van der Waals surface area contributed by atoms with E-state index in [0.29, 0.717) is 51.4 Å². The van der Waals surface area contributed by atoms with Crippen molar-refractivity contribution in [2.24, 2.45) is 0 Å². The Morgan fingerprint density at radius 2 is 1.68 bits per heavy atom. The highest BCUT2D eigenvalue weighted by molar-refractivity contribution is 6.42. The first-order chi connectivity index (χ1) is 21.3. The van der Waals surface area contributed by atoms with Gasteiger partial charge in [-0.3, -0.25) is 19.4 Å². The van der Waals surface area contributed by atoms with Crippen LogP contribution in [0.4, 0.5) is 0 Å². The molecule has 1 amide bonds. The minimum atomic E-state index is -0.102. The number of likely N-dealkylation sites (tertiary alicyclic amines) is 1. The van der Waals surface area contributed by atoms with E-state index in [1.54, 1.807) is 24.3 Å². The standard InChI is InChI=1S/C35H37Cl3N4O2/c1-2-24-6-4-9-29-30(35(44)39-18-23-10-13-31(37)32(38)16-23)21-41(34(24)29)14-5-15-42-27-11-12-28(42)20-40(19-27)22-33(43)25-7-3-8-26(36)17-25/h3-4,6-10,13,16-17,21,27-28H,2,5,11-12,14-15,18-20,22H2,1H3,(H,39,44). The zero-order valence-corrected chi connectivity index (χ0v) is 27.1. The molecule has 44 heavy (non-hydrogen) atoms. The number of rotatable bonds is 11. The SMILES string of the molecule is CCc1cccc2c(C(=O)NCc3ccc(Cl)c(Cl)c3)cn(CCCN3C4CCC3CN(CC(=O)c3cccc(Cl)c3)C4)c12. The number of hydrogen-bond acceptors (Lipinski definition) is 4. The molecule has 230 valence electrons. The fraction of sp³-hybridized carbons (Fsp3) is 0.371. The lowest BCUT2D eigenvalue weighted by Crippen LogP contribution is -2.54.